The van der Waals surface area contributed by atoms with Gasteiger partial charge >= 0.3 is 12.2 Å². The van der Waals surface area contributed by atoms with Gasteiger partial charge in [0.15, 0.2) is 0 Å². The Balaban J connectivity index is 1.98. The van der Waals surface area contributed by atoms with Crippen molar-refractivity contribution in [3.05, 3.63) is 0 Å². The quantitative estimate of drug-likeness (QED) is 0.0852. The van der Waals surface area contributed by atoms with E-state index in [9.17, 15) is 9.59 Å². The number of nitrogens with one attached hydrogen (secondary N) is 2. The van der Waals surface area contributed by atoms with E-state index >= 15 is 0 Å². The van der Waals surface area contributed by atoms with Crippen LogP contribution in [0.25, 0.3) is 0 Å². The highest BCUT2D eigenvalue weighted by Gasteiger charge is 2.30. The Kier molecular flexibility index (Phi) is 24.2. The molecule has 224 valence electrons. The summed E-state index contributed by atoms with van der Waals surface area (Å²) in [6, 6.07) is 0. The van der Waals surface area contributed by atoms with Crippen molar-refractivity contribution in [2.45, 2.75) is 148 Å². The number of hydrogen-bond donors (Lipinski definition) is 2. The molecule has 0 saturated carbocycles. The minimum Gasteiger partial charge on any atom is -0.447 e. The van der Waals surface area contributed by atoms with Crippen molar-refractivity contribution >= 4 is 28.1 Å². The fourth-order valence-corrected chi connectivity index (χ4v) is 5.16. The Morgan fingerprint density at radius 2 is 1.24 bits per heavy atom. The molecule has 0 aromatic heterocycles. The van der Waals surface area contributed by atoms with Gasteiger partial charge in [0, 0.05) is 25.0 Å². The topological polar surface area (TPSA) is 85.9 Å². The lowest BCUT2D eigenvalue weighted by molar-refractivity contribution is -0.0985. The molecule has 0 unspecified atom stereocenters. The predicted molar refractivity (Wildman–Crippen MR) is 159 cm³/mol. The van der Waals surface area contributed by atoms with E-state index < -0.39 is 24.4 Å². The molecule has 0 radical (unpaired) electrons. The van der Waals surface area contributed by atoms with Crippen molar-refractivity contribution < 1.29 is 23.8 Å². The highest BCUT2D eigenvalue weighted by Crippen LogP contribution is 2.18. The number of carbonyl (C=O) groups excluding carboxylic acids is 2. The van der Waals surface area contributed by atoms with Gasteiger partial charge in [-0.1, -0.05) is 119 Å². The molecule has 0 aromatic carbocycles. The summed E-state index contributed by atoms with van der Waals surface area (Å²) in [6.45, 7) is 4.17. The Morgan fingerprint density at radius 1 is 0.737 bits per heavy atom. The molecule has 0 spiro atoms. The number of alkyl halides is 1. The Bertz CT molecular complexity index is 567. The summed E-state index contributed by atoms with van der Waals surface area (Å²) in [4.78, 5) is 24.2. The number of hydrogen-bond acceptors (Lipinski definition) is 5. The summed E-state index contributed by atoms with van der Waals surface area (Å²) in [5, 5.41) is 6.60. The highest BCUT2D eigenvalue weighted by molar-refractivity contribution is 9.09. The van der Waals surface area contributed by atoms with Gasteiger partial charge in [0.2, 0.25) is 0 Å². The first-order valence-electron chi connectivity index (χ1n) is 15.7. The predicted octanol–water partition coefficient (Wildman–Crippen LogP) is 8.42. The van der Waals surface area contributed by atoms with Crippen molar-refractivity contribution in [2.75, 3.05) is 31.6 Å². The highest BCUT2D eigenvalue weighted by atomic mass is 79.9. The van der Waals surface area contributed by atoms with E-state index in [-0.39, 0.29) is 6.61 Å². The summed E-state index contributed by atoms with van der Waals surface area (Å²) in [5.74, 6) is 0. The standard InChI is InChI=1S/C30H57BrN2O5/c1-2-3-4-5-6-7-8-9-10-11-12-13-14-15-18-24-33-30(35)38-27-21-20-25-36-28(27)26-37-29(34)32-23-19-16-17-22-31/h27-28H,2-26H2,1H3,(H,32,34)(H,33,35)/t27-,28+/m1/s1. The average molecular weight is 606 g/mol. The Hall–Kier alpha value is -1.02. The number of rotatable bonds is 24. The second-order valence-electron chi connectivity index (χ2n) is 10.6. The van der Waals surface area contributed by atoms with Crippen LogP contribution in [0.5, 0.6) is 0 Å². The second-order valence-corrected chi connectivity index (χ2v) is 11.4. The fraction of sp³-hybridized carbons (Fsp3) is 0.933. The van der Waals surface area contributed by atoms with Crippen LogP contribution in [-0.4, -0.2) is 56.0 Å². The minimum atomic E-state index is -0.450. The normalized spacial score (nSPS) is 17.2. The zero-order valence-electron chi connectivity index (χ0n) is 24.3. The van der Waals surface area contributed by atoms with Gasteiger partial charge in [-0.25, -0.2) is 9.59 Å². The number of halogens is 1. The van der Waals surface area contributed by atoms with Crippen molar-refractivity contribution in [2.24, 2.45) is 0 Å². The molecule has 1 aliphatic rings. The molecule has 2 amide bonds. The monoisotopic (exact) mass is 604 g/mol. The molecule has 2 N–H and O–H groups in total. The number of alkyl carbamates (subject to hydrolysis) is 2. The third-order valence-corrected chi connectivity index (χ3v) is 7.71. The van der Waals surface area contributed by atoms with Gasteiger partial charge in [0.05, 0.1) is 0 Å². The van der Waals surface area contributed by atoms with Crippen LogP contribution in [0.1, 0.15) is 135 Å². The molecular formula is C30H57BrN2O5. The van der Waals surface area contributed by atoms with Crippen LogP contribution in [0.3, 0.4) is 0 Å². The van der Waals surface area contributed by atoms with Gasteiger partial charge in [0.25, 0.3) is 0 Å². The zero-order chi connectivity index (χ0) is 27.5. The van der Waals surface area contributed by atoms with Crippen LogP contribution in [0.15, 0.2) is 0 Å². The molecule has 1 heterocycles. The van der Waals surface area contributed by atoms with Crippen LogP contribution in [0.2, 0.25) is 0 Å². The maximum Gasteiger partial charge on any atom is 0.407 e. The maximum atomic E-state index is 12.3. The molecule has 1 rings (SSSR count). The molecule has 0 aromatic rings. The summed E-state index contributed by atoms with van der Waals surface area (Å²) < 4.78 is 16.6. The first kappa shape index (κ1) is 35.0. The van der Waals surface area contributed by atoms with Crippen molar-refractivity contribution in [3.8, 4) is 0 Å². The first-order chi connectivity index (χ1) is 18.7. The lowest BCUT2D eigenvalue weighted by Gasteiger charge is -2.30. The lowest BCUT2D eigenvalue weighted by atomic mass is 10.0. The molecule has 8 heteroatoms. The number of carbonyl (C=O) groups is 2. The zero-order valence-corrected chi connectivity index (χ0v) is 25.8. The van der Waals surface area contributed by atoms with E-state index in [1.54, 1.807) is 0 Å². The van der Waals surface area contributed by atoms with Gasteiger partial charge in [-0.2, -0.15) is 0 Å². The molecule has 1 fully saturated rings. The third kappa shape index (κ3) is 20.9. The molecule has 2 atom stereocenters. The summed E-state index contributed by atoms with van der Waals surface area (Å²) in [7, 11) is 0. The molecule has 38 heavy (non-hydrogen) atoms. The van der Waals surface area contributed by atoms with Crippen LogP contribution in [0, 0.1) is 0 Å². The molecule has 7 nitrogen and oxygen atoms in total. The average Bonchev–Trinajstić information content (AvgIpc) is 2.92. The van der Waals surface area contributed by atoms with E-state index in [4.69, 9.17) is 14.2 Å². The number of ether oxygens (including phenoxy) is 3. The van der Waals surface area contributed by atoms with Gasteiger partial charge in [-0.3, -0.25) is 0 Å². The van der Waals surface area contributed by atoms with Crippen LogP contribution in [-0.2, 0) is 14.2 Å². The van der Waals surface area contributed by atoms with E-state index in [2.05, 4.69) is 33.5 Å². The Morgan fingerprint density at radius 3 is 1.79 bits per heavy atom. The number of unbranched alkanes of at least 4 members (excludes halogenated alkanes) is 16. The minimum absolute atomic E-state index is 0.0875. The van der Waals surface area contributed by atoms with Crippen LogP contribution >= 0.6 is 15.9 Å². The summed E-state index contributed by atoms with van der Waals surface area (Å²) in [6.07, 6.45) is 22.8. The summed E-state index contributed by atoms with van der Waals surface area (Å²) >= 11 is 3.40. The van der Waals surface area contributed by atoms with E-state index in [0.717, 1.165) is 43.9 Å². The largest absolute Gasteiger partial charge is 0.447 e. The summed E-state index contributed by atoms with van der Waals surface area (Å²) in [5.41, 5.74) is 0. The van der Waals surface area contributed by atoms with Crippen molar-refractivity contribution in [1.29, 1.82) is 0 Å². The van der Waals surface area contributed by atoms with Crippen molar-refractivity contribution in [3.63, 3.8) is 0 Å². The molecule has 0 aliphatic carbocycles. The molecule has 1 aliphatic heterocycles. The maximum absolute atomic E-state index is 12.3. The second kappa shape index (κ2) is 26.2. The first-order valence-corrected chi connectivity index (χ1v) is 16.8. The number of amides is 2. The van der Waals surface area contributed by atoms with Gasteiger partial charge in [-0.05, 0) is 32.1 Å². The fourth-order valence-electron chi connectivity index (χ4n) is 4.76. The third-order valence-electron chi connectivity index (χ3n) is 7.15. The molecule has 0 bridgehead atoms. The van der Waals surface area contributed by atoms with E-state index in [0.29, 0.717) is 26.1 Å². The molecular weight excluding hydrogens is 548 g/mol. The smallest absolute Gasteiger partial charge is 0.407 e. The van der Waals surface area contributed by atoms with Gasteiger partial charge in [0.1, 0.15) is 18.8 Å². The molecule has 1 saturated heterocycles. The SMILES string of the molecule is CCCCCCCCCCCCCCCCCNC(=O)O[C@@H]1CCCO[C@H]1COC(=O)NCCCCCBr. The van der Waals surface area contributed by atoms with Crippen molar-refractivity contribution in [1.82, 2.24) is 10.6 Å². The van der Waals surface area contributed by atoms with Gasteiger partial charge < -0.3 is 24.8 Å². The van der Waals surface area contributed by atoms with E-state index in [1.165, 1.54) is 83.5 Å². The van der Waals surface area contributed by atoms with E-state index in [1.807, 2.05) is 0 Å². The Labute approximate surface area is 241 Å². The van der Waals surface area contributed by atoms with Gasteiger partial charge in [-0.15, -0.1) is 0 Å². The lowest BCUT2D eigenvalue weighted by Crippen LogP contribution is -2.44. The van der Waals surface area contributed by atoms with Crippen LogP contribution < -0.4 is 10.6 Å². The van der Waals surface area contributed by atoms with Crippen LogP contribution in [0.4, 0.5) is 9.59 Å².